The number of rotatable bonds is 4. The van der Waals surface area contributed by atoms with E-state index in [2.05, 4.69) is 16.5 Å². The molecule has 1 aromatic heterocycles. The fourth-order valence-electron chi connectivity index (χ4n) is 2.07. The van der Waals surface area contributed by atoms with Crippen molar-refractivity contribution in [3.05, 3.63) is 53.1 Å². The average Bonchev–Trinajstić information content (AvgIpc) is 2.75. The molecule has 96 valence electrons. The monoisotopic (exact) mass is 263 g/mol. The first-order valence-electron chi connectivity index (χ1n) is 6.08. The van der Waals surface area contributed by atoms with Crippen LogP contribution in [0.25, 0.3) is 0 Å². The molecule has 2 N–H and O–H groups in total. The van der Waals surface area contributed by atoms with Crippen LogP contribution in [0, 0.1) is 0 Å². The molecule has 0 saturated heterocycles. The molecule has 1 aromatic carbocycles. The van der Waals surface area contributed by atoms with Crippen molar-refractivity contribution in [1.82, 2.24) is 9.55 Å². The van der Waals surface area contributed by atoms with Crippen molar-refractivity contribution in [2.45, 2.75) is 32.4 Å². The molecule has 0 fully saturated rings. The van der Waals surface area contributed by atoms with Crippen molar-refractivity contribution in [1.29, 1.82) is 0 Å². The molecule has 0 radical (unpaired) electrons. The number of hydrogen-bond acceptors (Lipinski definition) is 2. The van der Waals surface area contributed by atoms with Crippen molar-refractivity contribution in [3.8, 4) is 0 Å². The molecule has 0 spiro atoms. The summed E-state index contributed by atoms with van der Waals surface area (Å²) in [5.74, 6) is 1.00. The third-order valence-electron chi connectivity index (χ3n) is 3.15. The number of nitrogens with zero attached hydrogens (tertiary/aromatic N) is 2. The van der Waals surface area contributed by atoms with Crippen molar-refractivity contribution >= 4 is 11.6 Å². The number of aromatic nitrogens is 2. The minimum absolute atomic E-state index is 0.469. The van der Waals surface area contributed by atoms with Crippen LogP contribution >= 0.6 is 11.6 Å². The van der Waals surface area contributed by atoms with Gasteiger partial charge in [0.15, 0.2) is 0 Å². The summed E-state index contributed by atoms with van der Waals surface area (Å²) in [5.41, 5.74) is 6.97. The third kappa shape index (κ3) is 2.74. The molecule has 0 bridgehead atoms. The first-order valence-corrected chi connectivity index (χ1v) is 6.45. The number of imidazole rings is 1. The second kappa shape index (κ2) is 5.12. The second-order valence-corrected chi connectivity index (χ2v) is 5.17. The zero-order valence-corrected chi connectivity index (χ0v) is 11.5. The van der Waals surface area contributed by atoms with Crippen LogP contribution in [0.2, 0.25) is 5.02 Å². The maximum atomic E-state index is 6.41. The van der Waals surface area contributed by atoms with Crippen LogP contribution in [0.3, 0.4) is 0 Å². The molecule has 0 aliphatic heterocycles. The SMILES string of the molecule is CCn1ccnc1CC(C)(N)c1cccc(Cl)c1. The van der Waals surface area contributed by atoms with E-state index in [1.165, 1.54) is 0 Å². The van der Waals surface area contributed by atoms with Crippen molar-refractivity contribution < 1.29 is 0 Å². The van der Waals surface area contributed by atoms with Gasteiger partial charge in [-0.05, 0) is 31.5 Å². The molecule has 0 aliphatic carbocycles. The Kier molecular flexibility index (Phi) is 3.73. The molecule has 2 rings (SSSR count). The second-order valence-electron chi connectivity index (χ2n) is 4.73. The van der Waals surface area contributed by atoms with E-state index in [0.717, 1.165) is 17.9 Å². The molecule has 0 aliphatic rings. The minimum Gasteiger partial charge on any atom is -0.335 e. The number of hydrogen-bond donors (Lipinski definition) is 1. The summed E-state index contributed by atoms with van der Waals surface area (Å²) in [6.07, 6.45) is 4.48. The van der Waals surface area contributed by atoms with Crippen LogP contribution in [-0.2, 0) is 18.5 Å². The van der Waals surface area contributed by atoms with Gasteiger partial charge in [0, 0.05) is 35.9 Å². The Morgan fingerprint density at radius 1 is 1.44 bits per heavy atom. The fraction of sp³-hybridized carbons (Fsp3) is 0.357. The van der Waals surface area contributed by atoms with Crippen LogP contribution in [0.1, 0.15) is 25.2 Å². The first kappa shape index (κ1) is 13.1. The minimum atomic E-state index is -0.469. The highest BCUT2D eigenvalue weighted by atomic mass is 35.5. The van der Waals surface area contributed by atoms with Crippen LogP contribution in [-0.4, -0.2) is 9.55 Å². The zero-order valence-electron chi connectivity index (χ0n) is 10.7. The highest BCUT2D eigenvalue weighted by Gasteiger charge is 2.24. The maximum absolute atomic E-state index is 6.41. The average molecular weight is 264 g/mol. The Morgan fingerprint density at radius 2 is 2.22 bits per heavy atom. The maximum Gasteiger partial charge on any atom is 0.110 e. The first-order chi connectivity index (χ1) is 8.53. The lowest BCUT2D eigenvalue weighted by molar-refractivity contribution is 0.465. The summed E-state index contributed by atoms with van der Waals surface area (Å²) >= 11 is 6.01. The van der Waals surface area contributed by atoms with Crippen molar-refractivity contribution in [2.75, 3.05) is 0 Å². The lowest BCUT2D eigenvalue weighted by Crippen LogP contribution is -2.36. The number of halogens is 1. The Labute approximate surface area is 113 Å². The number of nitrogens with two attached hydrogens (primary N) is 1. The van der Waals surface area contributed by atoms with E-state index >= 15 is 0 Å². The molecule has 3 nitrogen and oxygen atoms in total. The Morgan fingerprint density at radius 3 is 2.89 bits per heavy atom. The van der Waals surface area contributed by atoms with E-state index in [9.17, 15) is 0 Å². The summed E-state index contributed by atoms with van der Waals surface area (Å²) in [4.78, 5) is 4.37. The Bertz CT molecular complexity index is 531. The summed E-state index contributed by atoms with van der Waals surface area (Å²) in [5, 5.41) is 0.711. The van der Waals surface area contributed by atoms with Crippen LogP contribution in [0.5, 0.6) is 0 Å². The molecule has 1 atom stereocenters. The van der Waals surface area contributed by atoms with E-state index in [4.69, 9.17) is 17.3 Å². The summed E-state index contributed by atoms with van der Waals surface area (Å²) in [6.45, 7) is 5.01. The topological polar surface area (TPSA) is 43.8 Å². The van der Waals surface area contributed by atoms with Crippen LogP contribution in [0.15, 0.2) is 36.7 Å². The number of benzene rings is 1. The summed E-state index contributed by atoms with van der Waals surface area (Å²) < 4.78 is 2.11. The van der Waals surface area contributed by atoms with Gasteiger partial charge in [-0.2, -0.15) is 0 Å². The van der Waals surface area contributed by atoms with E-state index in [0.29, 0.717) is 11.4 Å². The normalized spacial score (nSPS) is 14.4. The molecule has 1 unspecified atom stereocenters. The highest BCUT2D eigenvalue weighted by Crippen LogP contribution is 2.24. The van der Waals surface area contributed by atoms with Crippen molar-refractivity contribution in [2.24, 2.45) is 5.73 Å². The van der Waals surface area contributed by atoms with Gasteiger partial charge in [-0.15, -0.1) is 0 Å². The molecule has 18 heavy (non-hydrogen) atoms. The van der Waals surface area contributed by atoms with Gasteiger partial charge in [-0.25, -0.2) is 4.98 Å². The molecule has 1 heterocycles. The molecule has 4 heteroatoms. The molecular formula is C14H18ClN3. The lowest BCUT2D eigenvalue weighted by atomic mass is 9.89. The van der Waals surface area contributed by atoms with Gasteiger partial charge in [0.1, 0.15) is 5.82 Å². The van der Waals surface area contributed by atoms with E-state index in [-0.39, 0.29) is 0 Å². The van der Waals surface area contributed by atoms with Gasteiger partial charge < -0.3 is 10.3 Å². The largest absolute Gasteiger partial charge is 0.335 e. The zero-order chi connectivity index (χ0) is 13.2. The van der Waals surface area contributed by atoms with Gasteiger partial charge in [-0.1, -0.05) is 23.7 Å². The molecule has 0 amide bonds. The predicted molar refractivity (Wildman–Crippen MR) is 74.6 cm³/mol. The highest BCUT2D eigenvalue weighted by molar-refractivity contribution is 6.30. The lowest BCUT2D eigenvalue weighted by Gasteiger charge is -2.25. The molecule has 2 aromatic rings. The smallest absolute Gasteiger partial charge is 0.110 e. The van der Waals surface area contributed by atoms with E-state index < -0.39 is 5.54 Å². The van der Waals surface area contributed by atoms with Crippen molar-refractivity contribution in [3.63, 3.8) is 0 Å². The van der Waals surface area contributed by atoms with Crippen LogP contribution < -0.4 is 5.73 Å². The van der Waals surface area contributed by atoms with Gasteiger partial charge in [0.25, 0.3) is 0 Å². The standard InChI is InChI=1S/C14H18ClN3/c1-3-18-8-7-17-13(18)10-14(2,16)11-5-4-6-12(15)9-11/h4-9H,3,10,16H2,1-2H3. The molecular weight excluding hydrogens is 246 g/mol. The summed E-state index contributed by atoms with van der Waals surface area (Å²) in [6, 6.07) is 7.70. The number of aryl methyl sites for hydroxylation is 1. The van der Waals surface area contributed by atoms with E-state index in [1.54, 1.807) is 0 Å². The Hall–Kier alpha value is -1.32. The van der Waals surface area contributed by atoms with Crippen LogP contribution in [0.4, 0.5) is 0 Å². The Balaban J connectivity index is 2.26. The van der Waals surface area contributed by atoms with Gasteiger partial charge in [0.05, 0.1) is 0 Å². The van der Waals surface area contributed by atoms with E-state index in [1.807, 2.05) is 43.6 Å². The molecule has 0 saturated carbocycles. The van der Waals surface area contributed by atoms with Gasteiger partial charge >= 0.3 is 0 Å². The quantitative estimate of drug-likeness (QED) is 0.922. The fourth-order valence-corrected chi connectivity index (χ4v) is 2.26. The van der Waals surface area contributed by atoms with Gasteiger partial charge in [-0.3, -0.25) is 0 Å². The summed E-state index contributed by atoms with van der Waals surface area (Å²) in [7, 11) is 0. The van der Waals surface area contributed by atoms with Gasteiger partial charge in [0.2, 0.25) is 0 Å². The third-order valence-corrected chi connectivity index (χ3v) is 3.39. The predicted octanol–water partition coefficient (Wildman–Crippen LogP) is 2.97.